The fraction of sp³-hybridized carbons (Fsp3) is 0.0500. The lowest BCUT2D eigenvalue weighted by atomic mass is 10.1. The molecule has 28 heavy (non-hydrogen) atoms. The summed E-state index contributed by atoms with van der Waals surface area (Å²) in [5, 5.41) is 5.44. The molecule has 4 N–H and O–H groups in total. The molecule has 0 saturated heterocycles. The average molecular weight is 442 g/mol. The maximum atomic E-state index is 12.4. The second kappa shape index (κ2) is 8.53. The van der Waals surface area contributed by atoms with Crippen molar-refractivity contribution in [2.24, 2.45) is 5.73 Å². The standard InChI is InChI=1S/C20H16BrN3O4/c21-17-8-7-16(28-17)20(27)24-15-6-2-5-14(10-15)19(26)23-11-12-3-1-4-13(9-12)18(22)25/h1-10H,11H2,(H2,22,25)(H,23,26)(H,24,27). The first-order chi connectivity index (χ1) is 13.4. The molecule has 1 heterocycles. The molecule has 0 fully saturated rings. The van der Waals surface area contributed by atoms with Gasteiger partial charge in [-0.1, -0.05) is 18.2 Å². The molecule has 0 unspecified atom stereocenters. The van der Waals surface area contributed by atoms with E-state index in [1.807, 2.05) is 0 Å². The first kappa shape index (κ1) is 19.4. The molecule has 3 aromatic rings. The Morgan fingerprint density at radius 3 is 2.39 bits per heavy atom. The summed E-state index contributed by atoms with van der Waals surface area (Å²) in [6, 6.07) is 16.4. The number of anilines is 1. The number of amides is 3. The highest BCUT2D eigenvalue weighted by molar-refractivity contribution is 9.10. The highest BCUT2D eigenvalue weighted by Crippen LogP contribution is 2.17. The number of carbonyl (C=O) groups is 3. The number of primary amides is 1. The number of hydrogen-bond donors (Lipinski definition) is 3. The molecule has 7 nitrogen and oxygen atoms in total. The lowest BCUT2D eigenvalue weighted by Gasteiger charge is -2.08. The fourth-order valence-corrected chi connectivity index (χ4v) is 2.79. The molecule has 0 aliphatic carbocycles. The predicted octanol–water partition coefficient (Wildman–Crippen LogP) is 3.32. The Morgan fingerprint density at radius 2 is 1.68 bits per heavy atom. The monoisotopic (exact) mass is 441 g/mol. The Balaban J connectivity index is 1.64. The van der Waals surface area contributed by atoms with E-state index in [9.17, 15) is 14.4 Å². The van der Waals surface area contributed by atoms with Crippen molar-refractivity contribution in [3.05, 3.63) is 87.8 Å². The summed E-state index contributed by atoms with van der Waals surface area (Å²) in [4.78, 5) is 35.8. The molecule has 0 saturated carbocycles. The van der Waals surface area contributed by atoms with Gasteiger partial charge in [0.25, 0.3) is 11.8 Å². The fourth-order valence-electron chi connectivity index (χ4n) is 2.49. The van der Waals surface area contributed by atoms with E-state index in [0.29, 0.717) is 21.5 Å². The van der Waals surface area contributed by atoms with Crippen molar-refractivity contribution in [2.75, 3.05) is 5.32 Å². The number of rotatable bonds is 6. The number of nitrogens with two attached hydrogens (primary N) is 1. The molecule has 142 valence electrons. The first-order valence-corrected chi connectivity index (χ1v) is 9.05. The van der Waals surface area contributed by atoms with Crippen LogP contribution in [0.5, 0.6) is 0 Å². The van der Waals surface area contributed by atoms with E-state index in [1.54, 1.807) is 54.6 Å². The Labute approximate surface area is 169 Å². The van der Waals surface area contributed by atoms with Crippen molar-refractivity contribution in [2.45, 2.75) is 6.54 Å². The summed E-state index contributed by atoms with van der Waals surface area (Å²) in [7, 11) is 0. The zero-order valence-corrected chi connectivity index (χ0v) is 16.2. The van der Waals surface area contributed by atoms with Crippen molar-refractivity contribution >= 4 is 39.3 Å². The zero-order chi connectivity index (χ0) is 20.1. The topological polar surface area (TPSA) is 114 Å². The highest BCUT2D eigenvalue weighted by atomic mass is 79.9. The molecule has 0 radical (unpaired) electrons. The average Bonchev–Trinajstić information content (AvgIpc) is 3.13. The molecule has 3 amide bonds. The quantitative estimate of drug-likeness (QED) is 0.543. The van der Waals surface area contributed by atoms with Crippen molar-refractivity contribution in [1.82, 2.24) is 5.32 Å². The molecule has 0 bridgehead atoms. The number of hydrogen-bond acceptors (Lipinski definition) is 4. The Kier molecular flexibility index (Phi) is 5.90. The van der Waals surface area contributed by atoms with Crippen LogP contribution in [0.2, 0.25) is 0 Å². The normalized spacial score (nSPS) is 10.3. The van der Waals surface area contributed by atoms with E-state index in [-0.39, 0.29) is 18.2 Å². The van der Waals surface area contributed by atoms with E-state index >= 15 is 0 Å². The van der Waals surface area contributed by atoms with Gasteiger partial charge in [-0.2, -0.15) is 0 Å². The van der Waals surface area contributed by atoms with Gasteiger partial charge < -0.3 is 20.8 Å². The molecule has 8 heteroatoms. The minimum Gasteiger partial charge on any atom is -0.444 e. The summed E-state index contributed by atoms with van der Waals surface area (Å²) < 4.78 is 5.65. The molecule has 0 aliphatic heterocycles. The van der Waals surface area contributed by atoms with Gasteiger partial charge in [0.2, 0.25) is 5.91 Å². The molecule has 0 spiro atoms. The minimum atomic E-state index is -0.528. The highest BCUT2D eigenvalue weighted by Gasteiger charge is 2.12. The SMILES string of the molecule is NC(=O)c1cccc(CNC(=O)c2cccc(NC(=O)c3ccc(Br)o3)c2)c1. The van der Waals surface area contributed by atoms with Gasteiger partial charge in [0.05, 0.1) is 0 Å². The molecule has 3 rings (SSSR count). The van der Waals surface area contributed by atoms with Crippen LogP contribution < -0.4 is 16.4 Å². The number of carbonyl (C=O) groups excluding carboxylic acids is 3. The lowest BCUT2D eigenvalue weighted by molar-refractivity contribution is 0.0948. The summed E-state index contributed by atoms with van der Waals surface area (Å²) in [6.45, 7) is 0.233. The molecular formula is C20H16BrN3O4. The van der Waals surface area contributed by atoms with E-state index in [1.165, 1.54) is 6.07 Å². The molecular weight excluding hydrogens is 426 g/mol. The third kappa shape index (κ3) is 4.86. The second-order valence-corrected chi connectivity index (χ2v) is 6.67. The summed E-state index contributed by atoms with van der Waals surface area (Å²) in [6.07, 6.45) is 0. The van der Waals surface area contributed by atoms with Crippen LogP contribution in [0.3, 0.4) is 0 Å². The van der Waals surface area contributed by atoms with Gasteiger partial charge in [-0.3, -0.25) is 14.4 Å². The van der Waals surface area contributed by atoms with Crippen molar-refractivity contribution < 1.29 is 18.8 Å². The number of furan rings is 1. The van der Waals surface area contributed by atoms with E-state index in [0.717, 1.165) is 5.56 Å². The maximum absolute atomic E-state index is 12.4. The van der Waals surface area contributed by atoms with Crippen LogP contribution in [0, 0.1) is 0 Å². The van der Waals surface area contributed by atoms with Gasteiger partial charge in [0.1, 0.15) is 0 Å². The minimum absolute atomic E-state index is 0.149. The van der Waals surface area contributed by atoms with Gasteiger partial charge in [-0.15, -0.1) is 0 Å². The van der Waals surface area contributed by atoms with Crippen LogP contribution in [0.25, 0.3) is 0 Å². The molecule has 1 aromatic heterocycles. The first-order valence-electron chi connectivity index (χ1n) is 8.26. The summed E-state index contributed by atoms with van der Waals surface area (Å²) in [5.41, 5.74) is 7.22. The van der Waals surface area contributed by atoms with Gasteiger partial charge in [0, 0.05) is 23.4 Å². The third-order valence-corrected chi connectivity index (χ3v) is 4.27. The largest absolute Gasteiger partial charge is 0.444 e. The van der Waals surface area contributed by atoms with Gasteiger partial charge >= 0.3 is 0 Å². The molecule has 0 aliphatic rings. The Bertz CT molecular complexity index is 1050. The van der Waals surface area contributed by atoms with Crippen LogP contribution in [-0.4, -0.2) is 17.7 Å². The van der Waals surface area contributed by atoms with Gasteiger partial charge in [-0.05, 0) is 64.0 Å². The van der Waals surface area contributed by atoms with Gasteiger partial charge in [0.15, 0.2) is 10.4 Å². The summed E-state index contributed by atoms with van der Waals surface area (Å²) in [5.74, 6) is -1.12. The molecule has 0 atom stereocenters. The summed E-state index contributed by atoms with van der Waals surface area (Å²) >= 11 is 3.14. The van der Waals surface area contributed by atoms with E-state index in [2.05, 4.69) is 26.6 Å². The van der Waals surface area contributed by atoms with Crippen LogP contribution >= 0.6 is 15.9 Å². The van der Waals surface area contributed by atoms with E-state index < -0.39 is 11.8 Å². The Hall–Kier alpha value is -3.39. The second-order valence-electron chi connectivity index (χ2n) is 5.89. The van der Waals surface area contributed by atoms with Crippen molar-refractivity contribution in [1.29, 1.82) is 0 Å². The predicted molar refractivity (Wildman–Crippen MR) is 107 cm³/mol. The lowest BCUT2D eigenvalue weighted by Crippen LogP contribution is -2.23. The third-order valence-electron chi connectivity index (χ3n) is 3.84. The van der Waals surface area contributed by atoms with Crippen molar-refractivity contribution in [3.63, 3.8) is 0 Å². The van der Waals surface area contributed by atoms with E-state index in [4.69, 9.17) is 10.2 Å². The maximum Gasteiger partial charge on any atom is 0.291 e. The van der Waals surface area contributed by atoms with Crippen LogP contribution in [-0.2, 0) is 6.54 Å². The number of benzene rings is 2. The van der Waals surface area contributed by atoms with Gasteiger partial charge in [-0.25, -0.2) is 0 Å². The molecule has 2 aromatic carbocycles. The van der Waals surface area contributed by atoms with Crippen LogP contribution in [0.4, 0.5) is 5.69 Å². The number of halogens is 1. The smallest absolute Gasteiger partial charge is 0.291 e. The number of nitrogens with one attached hydrogen (secondary N) is 2. The van der Waals surface area contributed by atoms with Crippen molar-refractivity contribution in [3.8, 4) is 0 Å². The van der Waals surface area contributed by atoms with Crippen LogP contribution in [0.15, 0.2) is 69.8 Å². The Morgan fingerprint density at radius 1 is 0.929 bits per heavy atom. The zero-order valence-electron chi connectivity index (χ0n) is 14.6. The van der Waals surface area contributed by atoms with Crippen LogP contribution in [0.1, 0.15) is 36.8 Å².